The van der Waals surface area contributed by atoms with Crippen LogP contribution in [0.25, 0.3) is 0 Å². The average molecular weight is 259 g/mol. The predicted molar refractivity (Wildman–Crippen MR) is 70.0 cm³/mol. The van der Waals surface area contributed by atoms with Crippen LogP contribution in [0.1, 0.15) is 11.4 Å². The molecule has 1 aromatic carbocycles. The summed E-state index contributed by atoms with van der Waals surface area (Å²) in [5.74, 6) is 0.866. The molecule has 6 heteroatoms. The van der Waals surface area contributed by atoms with Gasteiger partial charge in [0.1, 0.15) is 5.82 Å². The van der Waals surface area contributed by atoms with Crippen LogP contribution in [0.15, 0.2) is 28.3 Å². The second-order valence-corrected chi connectivity index (χ2v) is 4.93. The highest BCUT2D eigenvalue weighted by Gasteiger charge is 2.08. The highest BCUT2D eigenvalue weighted by Crippen LogP contribution is 2.28. The van der Waals surface area contributed by atoms with Gasteiger partial charge in [0.05, 0.1) is 12.5 Å². The molecule has 0 aliphatic rings. The van der Waals surface area contributed by atoms with Crippen molar-refractivity contribution in [2.24, 2.45) is 7.05 Å². The minimum absolute atomic E-state index is 0.318. The van der Waals surface area contributed by atoms with E-state index in [1.54, 1.807) is 0 Å². The van der Waals surface area contributed by atoms with Crippen LogP contribution in [0.5, 0.6) is 0 Å². The first-order chi connectivity index (χ1) is 8.61. The smallest absolute Gasteiger partial charge is 0.195 e. The molecule has 2 aromatic rings. The minimum atomic E-state index is 0.318. The van der Waals surface area contributed by atoms with Gasteiger partial charge in [0.25, 0.3) is 0 Å². The fraction of sp³-hybridized carbons (Fsp3) is 0.250. The molecule has 0 amide bonds. The number of rotatable bonds is 3. The van der Waals surface area contributed by atoms with Crippen LogP contribution in [0.2, 0.25) is 0 Å². The van der Waals surface area contributed by atoms with Gasteiger partial charge in [0.15, 0.2) is 5.16 Å². The molecule has 18 heavy (non-hydrogen) atoms. The van der Waals surface area contributed by atoms with Crippen LogP contribution < -0.4 is 5.73 Å². The molecule has 0 fully saturated rings. The van der Waals surface area contributed by atoms with Crippen LogP contribution >= 0.6 is 11.8 Å². The maximum absolute atomic E-state index is 8.73. The molecule has 0 aliphatic carbocycles. The van der Waals surface area contributed by atoms with Gasteiger partial charge in [-0.15, -0.1) is 10.2 Å². The van der Waals surface area contributed by atoms with Crippen molar-refractivity contribution in [2.75, 3.05) is 5.73 Å². The molecule has 0 aliphatic heterocycles. The van der Waals surface area contributed by atoms with E-state index in [9.17, 15) is 0 Å². The first-order valence-corrected chi connectivity index (χ1v) is 6.22. The molecule has 0 radical (unpaired) electrons. The molecule has 5 nitrogen and oxygen atoms in total. The van der Waals surface area contributed by atoms with Gasteiger partial charge < -0.3 is 10.3 Å². The van der Waals surface area contributed by atoms with Crippen molar-refractivity contribution < 1.29 is 0 Å². The predicted octanol–water partition coefficient (Wildman–Crippen LogP) is 1.92. The monoisotopic (exact) mass is 259 g/mol. The van der Waals surface area contributed by atoms with Crippen molar-refractivity contribution >= 4 is 17.4 Å². The van der Waals surface area contributed by atoms with Gasteiger partial charge in [-0.1, -0.05) is 0 Å². The molecule has 0 spiro atoms. The van der Waals surface area contributed by atoms with Gasteiger partial charge in [-0.2, -0.15) is 5.26 Å². The lowest BCUT2D eigenvalue weighted by atomic mass is 10.1. The molecule has 0 atom stereocenters. The molecule has 0 saturated carbocycles. The summed E-state index contributed by atoms with van der Waals surface area (Å²) in [6.07, 6.45) is 0.318. The maximum Gasteiger partial charge on any atom is 0.195 e. The summed E-state index contributed by atoms with van der Waals surface area (Å²) in [5, 5.41) is 17.6. The zero-order chi connectivity index (χ0) is 13.1. The van der Waals surface area contributed by atoms with E-state index in [2.05, 4.69) is 16.3 Å². The largest absolute Gasteiger partial charge is 0.398 e. The van der Waals surface area contributed by atoms with E-state index in [4.69, 9.17) is 11.0 Å². The van der Waals surface area contributed by atoms with Crippen LogP contribution in [0.4, 0.5) is 5.69 Å². The summed E-state index contributed by atoms with van der Waals surface area (Å²) in [4.78, 5) is 1.00. The summed E-state index contributed by atoms with van der Waals surface area (Å²) in [5.41, 5.74) is 7.31. The normalized spacial score (nSPS) is 10.3. The zero-order valence-electron chi connectivity index (χ0n) is 10.2. The Labute approximate surface area is 110 Å². The van der Waals surface area contributed by atoms with Crippen molar-refractivity contribution in [3.05, 3.63) is 29.6 Å². The molecule has 2 N–H and O–H groups in total. The second-order valence-electron chi connectivity index (χ2n) is 3.89. The van der Waals surface area contributed by atoms with Gasteiger partial charge in [-0.3, -0.25) is 0 Å². The summed E-state index contributed by atoms with van der Waals surface area (Å²) in [6.45, 7) is 1.90. The van der Waals surface area contributed by atoms with Gasteiger partial charge >= 0.3 is 0 Å². The lowest BCUT2D eigenvalue weighted by molar-refractivity contribution is 0.765. The third-order valence-corrected chi connectivity index (χ3v) is 3.67. The molecular weight excluding hydrogens is 246 g/mol. The molecule has 0 bridgehead atoms. The van der Waals surface area contributed by atoms with Crippen molar-refractivity contribution in [1.82, 2.24) is 14.8 Å². The summed E-state index contributed by atoms with van der Waals surface area (Å²) in [7, 11) is 1.92. The lowest BCUT2D eigenvalue weighted by Crippen LogP contribution is -1.95. The molecule has 0 saturated heterocycles. The number of hydrogen-bond acceptors (Lipinski definition) is 5. The minimum Gasteiger partial charge on any atom is -0.398 e. The number of aryl methyl sites for hydroxylation is 1. The van der Waals surface area contributed by atoms with Crippen LogP contribution in [-0.4, -0.2) is 14.8 Å². The maximum atomic E-state index is 8.73. The number of nitrogens with two attached hydrogens (primary N) is 1. The average Bonchev–Trinajstić information content (AvgIpc) is 2.66. The van der Waals surface area contributed by atoms with Gasteiger partial charge in [0.2, 0.25) is 0 Å². The number of nitrogen functional groups attached to an aromatic ring is 1. The Morgan fingerprint density at radius 2 is 2.22 bits per heavy atom. The number of nitrogens with zero attached hydrogens (tertiary/aromatic N) is 4. The van der Waals surface area contributed by atoms with E-state index in [1.807, 2.05) is 36.7 Å². The van der Waals surface area contributed by atoms with Crippen molar-refractivity contribution in [3.8, 4) is 6.07 Å². The topological polar surface area (TPSA) is 80.5 Å². The van der Waals surface area contributed by atoms with E-state index < -0.39 is 0 Å². The molecule has 1 aromatic heterocycles. The Balaban J connectivity index is 2.27. The number of nitriles is 1. The molecule has 92 valence electrons. The number of aromatic nitrogens is 3. The van der Waals surface area contributed by atoms with Crippen LogP contribution in [0, 0.1) is 18.3 Å². The van der Waals surface area contributed by atoms with Crippen molar-refractivity contribution in [3.63, 3.8) is 0 Å². The highest BCUT2D eigenvalue weighted by molar-refractivity contribution is 7.99. The molecular formula is C12H13N5S. The summed E-state index contributed by atoms with van der Waals surface area (Å²) in [6, 6.07) is 7.77. The number of benzene rings is 1. The Bertz CT molecular complexity index is 611. The fourth-order valence-electron chi connectivity index (χ4n) is 1.47. The van der Waals surface area contributed by atoms with E-state index >= 15 is 0 Å². The van der Waals surface area contributed by atoms with E-state index in [0.717, 1.165) is 21.4 Å². The number of hydrogen-bond donors (Lipinski definition) is 1. The Kier molecular flexibility index (Phi) is 3.53. The van der Waals surface area contributed by atoms with Gasteiger partial charge in [0, 0.05) is 17.6 Å². The van der Waals surface area contributed by atoms with Crippen LogP contribution in [0.3, 0.4) is 0 Å². The Hall–Kier alpha value is -2.00. The highest BCUT2D eigenvalue weighted by atomic mass is 32.2. The summed E-state index contributed by atoms with van der Waals surface area (Å²) >= 11 is 1.51. The molecule has 0 unspecified atom stereocenters. The van der Waals surface area contributed by atoms with E-state index in [-0.39, 0.29) is 0 Å². The SMILES string of the molecule is Cc1nnc(Sc2ccc(N)c(CC#N)c2)n1C. The lowest BCUT2D eigenvalue weighted by Gasteiger charge is -2.05. The summed E-state index contributed by atoms with van der Waals surface area (Å²) < 4.78 is 1.92. The van der Waals surface area contributed by atoms with Gasteiger partial charge in [-0.25, -0.2) is 0 Å². The molecule has 1 heterocycles. The fourth-order valence-corrected chi connectivity index (χ4v) is 2.36. The van der Waals surface area contributed by atoms with E-state index in [1.165, 1.54) is 11.8 Å². The zero-order valence-corrected chi connectivity index (χ0v) is 11.0. The Morgan fingerprint density at radius 3 is 2.83 bits per heavy atom. The van der Waals surface area contributed by atoms with E-state index in [0.29, 0.717) is 12.1 Å². The van der Waals surface area contributed by atoms with Crippen LogP contribution in [-0.2, 0) is 13.5 Å². The van der Waals surface area contributed by atoms with Crippen molar-refractivity contribution in [2.45, 2.75) is 23.4 Å². The first kappa shape index (κ1) is 12.5. The number of anilines is 1. The Morgan fingerprint density at radius 1 is 1.44 bits per heavy atom. The molecule has 2 rings (SSSR count). The second kappa shape index (κ2) is 5.10. The third kappa shape index (κ3) is 2.46. The van der Waals surface area contributed by atoms with Gasteiger partial charge in [-0.05, 0) is 42.4 Å². The standard InChI is InChI=1S/C12H13N5S/c1-8-15-16-12(17(8)2)18-10-3-4-11(14)9(7-10)5-6-13/h3-4,7H,5,14H2,1-2H3. The van der Waals surface area contributed by atoms with Crippen molar-refractivity contribution in [1.29, 1.82) is 5.26 Å². The third-order valence-electron chi connectivity index (χ3n) is 2.65. The quantitative estimate of drug-likeness (QED) is 0.852. The first-order valence-electron chi connectivity index (χ1n) is 5.41.